The predicted octanol–water partition coefficient (Wildman–Crippen LogP) is 4.65. The highest BCUT2D eigenvalue weighted by Crippen LogP contribution is 2.36. The van der Waals surface area contributed by atoms with Crippen molar-refractivity contribution < 1.29 is 14.1 Å². The number of anilines is 2. The molecule has 2 fully saturated rings. The molecule has 31 heavy (non-hydrogen) atoms. The molecule has 1 saturated carbocycles. The lowest BCUT2D eigenvalue weighted by molar-refractivity contribution is -0.122. The highest BCUT2D eigenvalue weighted by Gasteiger charge is 2.35. The molecule has 0 spiro atoms. The fraction of sp³-hybridized carbons (Fsp3) is 0.304. The van der Waals surface area contributed by atoms with Gasteiger partial charge in [-0.1, -0.05) is 35.3 Å². The summed E-state index contributed by atoms with van der Waals surface area (Å²) in [5, 5.41) is 7.56. The molecule has 2 amide bonds. The second-order valence-electron chi connectivity index (χ2n) is 8.04. The summed E-state index contributed by atoms with van der Waals surface area (Å²) in [5.41, 5.74) is 2.16. The molecule has 2 aliphatic rings. The molecule has 5 rings (SSSR count). The third-order valence-corrected chi connectivity index (χ3v) is 6.17. The van der Waals surface area contributed by atoms with Crippen molar-refractivity contribution in [2.75, 3.05) is 16.8 Å². The molecule has 8 heteroatoms. The van der Waals surface area contributed by atoms with E-state index in [-0.39, 0.29) is 18.2 Å². The monoisotopic (exact) mass is 436 g/mol. The second kappa shape index (κ2) is 8.15. The first kappa shape index (κ1) is 19.8. The van der Waals surface area contributed by atoms with E-state index < -0.39 is 5.92 Å². The Morgan fingerprint density at radius 2 is 1.97 bits per heavy atom. The fourth-order valence-electron chi connectivity index (χ4n) is 3.90. The number of carbonyl (C=O) groups excluding carboxylic acids is 2. The van der Waals surface area contributed by atoms with Crippen LogP contribution in [0.25, 0.3) is 11.4 Å². The van der Waals surface area contributed by atoms with Gasteiger partial charge in [0.05, 0.1) is 5.92 Å². The van der Waals surface area contributed by atoms with E-state index in [4.69, 9.17) is 16.1 Å². The number of benzene rings is 2. The molecule has 1 aliphatic heterocycles. The van der Waals surface area contributed by atoms with Crippen molar-refractivity contribution in [1.29, 1.82) is 0 Å². The van der Waals surface area contributed by atoms with Gasteiger partial charge in [-0.3, -0.25) is 9.59 Å². The van der Waals surface area contributed by atoms with Crippen LogP contribution >= 0.6 is 11.6 Å². The van der Waals surface area contributed by atoms with Gasteiger partial charge in [-0.15, -0.1) is 0 Å². The summed E-state index contributed by atoms with van der Waals surface area (Å²) < 4.78 is 5.42. The van der Waals surface area contributed by atoms with Crippen LogP contribution in [0.15, 0.2) is 53.1 Å². The number of aromatic nitrogens is 2. The van der Waals surface area contributed by atoms with Crippen molar-refractivity contribution in [2.24, 2.45) is 5.92 Å². The van der Waals surface area contributed by atoms with Crippen LogP contribution in [0, 0.1) is 5.92 Å². The van der Waals surface area contributed by atoms with Crippen molar-refractivity contribution >= 4 is 34.8 Å². The summed E-state index contributed by atoms with van der Waals surface area (Å²) in [6.45, 7) is 0.321. The largest absolute Gasteiger partial charge is 0.339 e. The average Bonchev–Trinajstić information content (AvgIpc) is 3.36. The van der Waals surface area contributed by atoms with E-state index >= 15 is 0 Å². The Morgan fingerprint density at radius 1 is 1.16 bits per heavy atom. The zero-order valence-electron chi connectivity index (χ0n) is 16.8. The molecule has 2 heterocycles. The summed E-state index contributed by atoms with van der Waals surface area (Å²) in [6, 6.07) is 14.4. The maximum atomic E-state index is 12.7. The Bertz CT molecular complexity index is 1120. The molecule has 3 aromatic rings. The molecule has 1 N–H and O–H groups in total. The molecular weight excluding hydrogens is 416 g/mol. The maximum Gasteiger partial charge on any atom is 0.230 e. The van der Waals surface area contributed by atoms with E-state index in [1.54, 1.807) is 29.2 Å². The summed E-state index contributed by atoms with van der Waals surface area (Å²) in [7, 11) is 0. The van der Waals surface area contributed by atoms with Crippen molar-refractivity contribution in [3.63, 3.8) is 0 Å². The van der Waals surface area contributed by atoms with Crippen LogP contribution in [0.3, 0.4) is 0 Å². The summed E-state index contributed by atoms with van der Waals surface area (Å²) in [5.74, 6) is 0.872. The van der Waals surface area contributed by atoms with E-state index in [9.17, 15) is 9.59 Å². The number of nitrogens with zero attached hydrogens (tertiary/aromatic N) is 3. The zero-order chi connectivity index (χ0) is 21.4. The normalized spacial score (nSPS) is 18.8. The highest BCUT2D eigenvalue weighted by atomic mass is 35.5. The van der Waals surface area contributed by atoms with Gasteiger partial charge in [-0.2, -0.15) is 4.98 Å². The summed E-state index contributed by atoms with van der Waals surface area (Å²) in [6.07, 6.45) is 3.53. The Balaban J connectivity index is 1.29. The number of hydrogen-bond acceptors (Lipinski definition) is 5. The number of amides is 2. The third kappa shape index (κ3) is 4.05. The first-order valence-corrected chi connectivity index (χ1v) is 10.8. The molecule has 7 nitrogen and oxygen atoms in total. The van der Waals surface area contributed by atoms with Crippen molar-refractivity contribution in [3.05, 3.63) is 59.4 Å². The van der Waals surface area contributed by atoms with E-state index in [1.165, 1.54) is 6.42 Å². The van der Waals surface area contributed by atoms with Crippen LogP contribution in [0.1, 0.15) is 37.5 Å². The topological polar surface area (TPSA) is 88.3 Å². The second-order valence-corrected chi connectivity index (χ2v) is 8.47. The lowest BCUT2D eigenvalue weighted by Crippen LogP contribution is -2.28. The molecule has 158 valence electrons. The van der Waals surface area contributed by atoms with Crippen LogP contribution in [-0.2, 0) is 9.59 Å². The van der Waals surface area contributed by atoms with E-state index in [2.05, 4.69) is 15.5 Å². The summed E-state index contributed by atoms with van der Waals surface area (Å²) in [4.78, 5) is 31.5. The standard InChI is InChI=1S/C23H21ClN4O3/c24-17-7-9-18(10-8-17)25-22(30)16-12-20(29)28(13-16)19-6-2-5-15(11-19)21-26-23(31-27-21)14-3-1-4-14/h2,5-11,14,16H,1,3-4,12-13H2,(H,25,30). The van der Waals surface area contributed by atoms with Gasteiger partial charge in [0.15, 0.2) is 0 Å². The molecule has 1 aromatic heterocycles. The Morgan fingerprint density at radius 3 is 2.71 bits per heavy atom. The molecule has 1 unspecified atom stereocenters. The van der Waals surface area contributed by atoms with Crippen molar-refractivity contribution in [2.45, 2.75) is 31.6 Å². The minimum absolute atomic E-state index is 0.0864. The smallest absolute Gasteiger partial charge is 0.230 e. The van der Waals surface area contributed by atoms with Gasteiger partial charge in [0, 0.05) is 40.8 Å². The highest BCUT2D eigenvalue weighted by molar-refractivity contribution is 6.30. The zero-order valence-corrected chi connectivity index (χ0v) is 17.5. The molecule has 0 bridgehead atoms. The van der Waals surface area contributed by atoms with Gasteiger partial charge < -0.3 is 14.7 Å². The molecule has 1 aliphatic carbocycles. The Labute approximate surface area is 184 Å². The van der Waals surface area contributed by atoms with Crippen molar-refractivity contribution in [1.82, 2.24) is 10.1 Å². The molecule has 1 atom stereocenters. The third-order valence-electron chi connectivity index (χ3n) is 5.92. The minimum Gasteiger partial charge on any atom is -0.339 e. The molecule has 2 aromatic carbocycles. The van der Waals surface area contributed by atoms with Gasteiger partial charge >= 0.3 is 0 Å². The van der Waals surface area contributed by atoms with Gasteiger partial charge in [-0.05, 0) is 49.2 Å². The first-order chi connectivity index (χ1) is 15.1. The molecule has 1 saturated heterocycles. The van der Waals surface area contributed by atoms with Gasteiger partial charge in [0.1, 0.15) is 0 Å². The van der Waals surface area contributed by atoms with Crippen molar-refractivity contribution in [3.8, 4) is 11.4 Å². The van der Waals surface area contributed by atoms with Crippen LogP contribution in [0.5, 0.6) is 0 Å². The summed E-state index contributed by atoms with van der Waals surface area (Å²) >= 11 is 5.89. The number of hydrogen-bond donors (Lipinski definition) is 1. The predicted molar refractivity (Wildman–Crippen MR) is 117 cm³/mol. The van der Waals surface area contributed by atoms with Crippen LogP contribution in [0.4, 0.5) is 11.4 Å². The van der Waals surface area contributed by atoms with E-state index in [0.29, 0.717) is 34.9 Å². The number of rotatable bonds is 5. The maximum absolute atomic E-state index is 12.7. The fourth-order valence-corrected chi connectivity index (χ4v) is 4.02. The lowest BCUT2D eigenvalue weighted by atomic mass is 9.85. The molecule has 0 radical (unpaired) electrons. The number of carbonyl (C=O) groups is 2. The SMILES string of the molecule is O=C(Nc1ccc(Cl)cc1)C1CC(=O)N(c2cccc(-c3noc(C4CCC4)n3)c2)C1. The average molecular weight is 437 g/mol. The quantitative estimate of drug-likeness (QED) is 0.629. The van der Waals surface area contributed by atoms with E-state index in [0.717, 1.165) is 24.1 Å². The first-order valence-electron chi connectivity index (χ1n) is 10.4. The lowest BCUT2D eigenvalue weighted by Gasteiger charge is -2.20. The molecular formula is C23H21ClN4O3. The van der Waals surface area contributed by atoms with Gasteiger partial charge in [-0.25, -0.2) is 0 Å². The van der Waals surface area contributed by atoms with Crippen LogP contribution < -0.4 is 10.2 Å². The Hall–Kier alpha value is -3.19. The van der Waals surface area contributed by atoms with Gasteiger partial charge in [0.2, 0.25) is 23.5 Å². The number of halogens is 1. The minimum atomic E-state index is -0.428. The van der Waals surface area contributed by atoms with Crippen LogP contribution in [-0.4, -0.2) is 28.5 Å². The van der Waals surface area contributed by atoms with E-state index in [1.807, 2.05) is 24.3 Å². The Kier molecular flexibility index (Phi) is 5.19. The number of nitrogens with one attached hydrogen (secondary N) is 1. The van der Waals surface area contributed by atoms with Crippen LogP contribution in [0.2, 0.25) is 5.02 Å². The van der Waals surface area contributed by atoms with Gasteiger partial charge in [0.25, 0.3) is 0 Å².